The van der Waals surface area contributed by atoms with Crippen LogP contribution in [-0.4, -0.2) is 39.9 Å². The van der Waals surface area contributed by atoms with Gasteiger partial charge in [-0.15, -0.1) is 0 Å². The van der Waals surface area contributed by atoms with Gasteiger partial charge in [0.2, 0.25) is 0 Å². The second-order valence-electron chi connectivity index (χ2n) is 6.26. The van der Waals surface area contributed by atoms with E-state index >= 15 is 0 Å². The van der Waals surface area contributed by atoms with Gasteiger partial charge in [-0.3, -0.25) is 4.99 Å². The average Bonchev–Trinajstić information content (AvgIpc) is 2.98. The van der Waals surface area contributed by atoms with Gasteiger partial charge in [0.05, 0.1) is 6.54 Å². The summed E-state index contributed by atoms with van der Waals surface area (Å²) < 4.78 is 2.06. The van der Waals surface area contributed by atoms with Gasteiger partial charge in [-0.25, -0.2) is 9.67 Å². The summed E-state index contributed by atoms with van der Waals surface area (Å²) in [7, 11) is 0. The van der Waals surface area contributed by atoms with Crippen molar-refractivity contribution in [2.75, 3.05) is 13.1 Å². The number of aryl methyl sites for hydroxylation is 2. The number of rotatable bonds is 7. The Labute approximate surface area is 140 Å². The van der Waals surface area contributed by atoms with Crippen molar-refractivity contribution < 1.29 is 0 Å². The molecule has 6 nitrogen and oxygen atoms in total. The molecule has 1 aromatic rings. The largest absolute Gasteiger partial charge is 0.357 e. The van der Waals surface area contributed by atoms with E-state index in [4.69, 9.17) is 4.99 Å². The van der Waals surface area contributed by atoms with Gasteiger partial charge in [-0.2, -0.15) is 5.10 Å². The molecule has 2 heterocycles. The highest BCUT2D eigenvalue weighted by atomic mass is 15.4. The van der Waals surface area contributed by atoms with Crippen molar-refractivity contribution >= 4 is 5.96 Å². The van der Waals surface area contributed by atoms with Crippen LogP contribution in [-0.2, 0) is 19.4 Å². The minimum absolute atomic E-state index is 0.369. The van der Waals surface area contributed by atoms with Gasteiger partial charge in [0.1, 0.15) is 5.82 Å². The molecule has 0 fully saturated rings. The molecular weight excluding hydrogens is 288 g/mol. The number of fused-ring (bicyclic) bond motifs is 1. The van der Waals surface area contributed by atoms with Crippen LogP contribution in [0, 0.1) is 5.92 Å². The maximum Gasteiger partial charge on any atom is 0.191 e. The van der Waals surface area contributed by atoms with Crippen LogP contribution >= 0.6 is 0 Å². The minimum atomic E-state index is 0.369. The fourth-order valence-electron chi connectivity index (χ4n) is 2.91. The first kappa shape index (κ1) is 17.8. The molecule has 2 rings (SSSR count). The first-order valence-electron chi connectivity index (χ1n) is 9.17. The van der Waals surface area contributed by atoms with Gasteiger partial charge in [0, 0.05) is 32.0 Å². The highest BCUT2D eigenvalue weighted by Crippen LogP contribution is 2.13. The molecule has 23 heavy (non-hydrogen) atoms. The molecule has 1 aliphatic rings. The van der Waals surface area contributed by atoms with Crippen molar-refractivity contribution in [1.82, 2.24) is 25.4 Å². The molecule has 130 valence electrons. The Kier molecular flexibility index (Phi) is 6.86. The van der Waals surface area contributed by atoms with E-state index in [9.17, 15) is 0 Å². The first-order valence-corrected chi connectivity index (χ1v) is 9.17. The van der Waals surface area contributed by atoms with Crippen LogP contribution in [0.5, 0.6) is 0 Å². The first-order chi connectivity index (χ1) is 11.2. The van der Waals surface area contributed by atoms with Crippen molar-refractivity contribution in [3.05, 3.63) is 11.6 Å². The zero-order chi connectivity index (χ0) is 16.7. The molecule has 0 aliphatic carbocycles. The van der Waals surface area contributed by atoms with Gasteiger partial charge in [-0.1, -0.05) is 33.6 Å². The molecule has 1 atom stereocenters. The van der Waals surface area contributed by atoms with E-state index < -0.39 is 0 Å². The summed E-state index contributed by atoms with van der Waals surface area (Å²) >= 11 is 0. The topological polar surface area (TPSA) is 67.1 Å². The van der Waals surface area contributed by atoms with Gasteiger partial charge >= 0.3 is 0 Å². The lowest BCUT2D eigenvalue weighted by Gasteiger charge is -2.25. The number of nitrogens with one attached hydrogen (secondary N) is 2. The third-order valence-electron chi connectivity index (χ3n) is 4.57. The molecule has 0 radical (unpaired) electrons. The van der Waals surface area contributed by atoms with Crippen molar-refractivity contribution in [2.45, 2.75) is 72.4 Å². The molecule has 0 bridgehead atoms. The van der Waals surface area contributed by atoms with E-state index in [1.807, 2.05) is 0 Å². The fraction of sp³-hybridized carbons (Fsp3) is 0.824. The summed E-state index contributed by atoms with van der Waals surface area (Å²) in [6.45, 7) is 11.3. The van der Waals surface area contributed by atoms with Crippen LogP contribution in [0.4, 0.5) is 0 Å². The molecule has 6 heteroatoms. The van der Waals surface area contributed by atoms with E-state index in [1.54, 1.807) is 0 Å². The number of aromatic nitrogens is 3. The molecule has 0 aromatic carbocycles. The predicted octanol–water partition coefficient (Wildman–Crippen LogP) is 2.15. The normalized spacial score (nSPS) is 18.1. The number of nitrogens with zero attached hydrogens (tertiary/aromatic N) is 4. The number of aliphatic imine (C=N–C) groups is 1. The third-order valence-corrected chi connectivity index (χ3v) is 4.57. The Bertz CT molecular complexity index is 503. The highest BCUT2D eigenvalue weighted by Gasteiger charge is 2.22. The third kappa shape index (κ3) is 4.94. The zero-order valence-electron chi connectivity index (χ0n) is 15.1. The molecule has 0 saturated carbocycles. The maximum atomic E-state index is 4.78. The van der Waals surface area contributed by atoms with E-state index in [0.717, 1.165) is 56.5 Å². The van der Waals surface area contributed by atoms with Gasteiger partial charge in [0.25, 0.3) is 0 Å². The molecule has 1 unspecified atom stereocenters. The van der Waals surface area contributed by atoms with Crippen molar-refractivity contribution in [3.63, 3.8) is 0 Å². The summed E-state index contributed by atoms with van der Waals surface area (Å²) in [6, 6.07) is 0.369. The Morgan fingerprint density at radius 1 is 1.30 bits per heavy atom. The Balaban J connectivity index is 1.96. The predicted molar refractivity (Wildman–Crippen MR) is 94.7 cm³/mol. The zero-order valence-corrected chi connectivity index (χ0v) is 15.1. The van der Waals surface area contributed by atoms with Crippen molar-refractivity contribution in [1.29, 1.82) is 0 Å². The van der Waals surface area contributed by atoms with Crippen LogP contribution in [0.2, 0.25) is 0 Å². The monoisotopic (exact) mass is 320 g/mol. The van der Waals surface area contributed by atoms with Gasteiger partial charge in [-0.05, 0) is 19.3 Å². The molecule has 0 amide bonds. The molecule has 0 spiro atoms. The smallest absolute Gasteiger partial charge is 0.191 e. The van der Waals surface area contributed by atoms with Crippen LogP contribution < -0.4 is 10.6 Å². The molecule has 1 aliphatic heterocycles. The van der Waals surface area contributed by atoms with E-state index in [2.05, 4.69) is 53.1 Å². The quantitative estimate of drug-likeness (QED) is 0.597. The number of hydrogen-bond acceptors (Lipinski definition) is 3. The lowest BCUT2D eigenvalue weighted by molar-refractivity contribution is 0.391. The highest BCUT2D eigenvalue weighted by molar-refractivity contribution is 5.80. The standard InChI is InChI=1S/C17H32N6/c1-5-13(6-2)11-19-17(18-8-4)20-14-9-10-16-21-15(7-3)22-23(16)12-14/h13-14H,5-12H2,1-4H3,(H2,18,19,20). The van der Waals surface area contributed by atoms with Gasteiger partial charge < -0.3 is 10.6 Å². The Hall–Kier alpha value is -1.59. The summed E-state index contributed by atoms with van der Waals surface area (Å²) in [5.41, 5.74) is 0. The second kappa shape index (κ2) is 8.89. The molecular formula is C17H32N6. The van der Waals surface area contributed by atoms with Gasteiger partial charge in [0.15, 0.2) is 11.8 Å². The van der Waals surface area contributed by atoms with Crippen LogP contribution in [0.25, 0.3) is 0 Å². The summed E-state index contributed by atoms with van der Waals surface area (Å²) in [6.07, 6.45) is 5.33. The Morgan fingerprint density at radius 2 is 2.09 bits per heavy atom. The van der Waals surface area contributed by atoms with Crippen molar-refractivity contribution in [2.24, 2.45) is 10.9 Å². The van der Waals surface area contributed by atoms with E-state index in [0.29, 0.717) is 12.0 Å². The molecule has 0 saturated heterocycles. The summed E-state index contributed by atoms with van der Waals surface area (Å²) in [5.74, 6) is 3.68. The van der Waals surface area contributed by atoms with Crippen LogP contribution in [0.3, 0.4) is 0 Å². The number of hydrogen-bond donors (Lipinski definition) is 2. The fourth-order valence-corrected chi connectivity index (χ4v) is 2.91. The van der Waals surface area contributed by atoms with Crippen molar-refractivity contribution in [3.8, 4) is 0 Å². The number of guanidine groups is 1. The Morgan fingerprint density at radius 3 is 2.74 bits per heavy atom. The molecule has 1 aromatic heterocycles. The summed E-state index contributed by atoms with van der Waals surface area (Å²) in [4.78, 5) is 9.36. The second-order valence-corrected chi connectivity index (χ2v) is 6.26. The lowest BCUT2D eigenvalue weighted by Crippen LogP contribution is -2.47. The summed E-state index contributed by atoms with van der Waals surface area (Å²) in [5, 5.41) is 11.5. The SMILES string of the molecule is CCNC(=NCC(CC)CC)NC1CCc2nc(CC)nn2C1. The maximum absolute atomic E-state index is 4.78. The minimum Gasteiger partial charge on any atom is -0.357 e. The molecule has 2 N–H and O–H groups in total. The van der Waals surface area contributed by atoms with Crippen LogP contribution in [0.1, 0.15) is 58.6 Å². The van der Waals surface area contributed by atoms with E-state index in [-0.39, 0.29) is 0 Å². The lowest BCUT2D eigenvalue weighted by atomic mass is 10.0. The average molecular weight is 320 g/mol. The van der Waals surface area contributed by atoms with E-state index in [1.165, 1.54) is 12.8 Å². The van der Waals surface area contributed by atoms with Crippen LogP contribution in [0.15, 0.2) is 4.99 Å².